The molecule has 1 heterocycles. The molecule has 1 atom stereocenters. The van der Waals surface area contributed by atoms with Crippen LogP contribution in [0.3, 0.4) is 0 Å². The van der Waals surface area contributed by atoms with Crippen molar-refractivity contribution in [3.63, 3.8) is 0 Å². The van der Waals surface area contributed by atoms with Crippen LogP contribution in [0.2, 0.25) is 0 Å². The van der Waals surface area contributed by atoms with Crippen LogP contribution < -0.4 is 4.74 Å². The fraction of sp³-hybridized carbons (Fsp3) is 0.696. The molecule has 2 fully saturated rings. The molecule has 1 aliphatic carbocycles. The average molecular weight is 405 g/mol. The van der Waals surface area contributed by atoms with E-state index in [0.29, 0.717) is 26.2 Å². The van der Waals surface area contributed by atoms with E-state index in [9.17, 15) is 15.0 Å². The maximum Gasteiger partial charge on any atom is 0.219 e. The van der Waals surface area contributed by atoms with E-state index in [0.717, 1.165) is 42.6 Å². The van der Waals surface area contributed by atoms with Gasteiger partial charge in [-0.1, -0.05) is 25.3 Å². The van der Waals surface area contributed by atoms with E-state index in [1.807, 2.05) is 26.0 Å². The summed E-state index contributed by atoms with van der Waals surface area (Å²) in [5.74, 6) is 0.681. The van der Waals surface area contributed by atoms with Crippen molar-refractivity contribution in [1.82, 2.24) is 9.80 Å². The van der Waals surface area contributed by atoms with Gasteiger partial charge in [0.2, 0.25) is 5.91 Å². The van der Waals surface area contributed by atoms with Crippen LogP contribution in [-0.4, -0.2) is 76.5 Å². The number of ether oxygens (including phenoxy) is 1. The first kappa shape index (κ1) is 22.1. The van der Waals surface area contributed by atoms with Gasteiger partial charge in [-0.2, -0.15) is 0 Å². The van der Waals surface area contributed by atoms with E-state index in [4.69, 9.17) is 4.74 Å². The van der Waals surface area contributed by atoms with Gasteiger partial charge >= 0.3 is 0 Å². The zero-order chi connectivity index (χ0) is 21.1. The number of β-amino-alcohol motifs (C(OH)–C–C–N with tert-alkyl or cyclic N) is 2. The molecule has 0 spiro atoms. The summed E-state index contributed by atoms with van der Waals surface area (Å²) >= 11 is 0. The van der Waals surface area contributed by atoms with E-state index in [1.165, 1.54) is 13.3 Å². The minimum atomic E-state index is -1.19. The fourth-order valence-electron chi connectivity index (χ4n) is 4.75. The fourth-order valence-corrected chi connectivity index (χ4v) is 4.75. The molecular formula is C23H36N2O4. The second-order valence-corrected chi connectivity index (χ2v) is 9.27. The number of carbonyl (C=O) groups excluding carboxylic acids is 1. The number of hydrogen-bond donors (Lipinski definition) is 2. The zero-order valence-electron chi connectivity index (χ0n) is 18.1. The standard InChI is InChI=1S/C23H36N2O4/c1-18-11-19(2)13-21(12-18)29-17-23(28)15-24(9-10-25(16-23)20(3)26)14-22(27)7-5-4-6-8-22/h11-13,27-28H,4-10,14-17H2,1-3H3. The lowest BCUT2D eigenvalue weighted by atomic mass is 9.84. The summed E-state index contributed by atoms with van der Waals surface area (Å²) in [7, 11) is 0. The van der Waals surface area contributed by atoms with E-state index >= 15 is 0 Å². The van der Waals surface area contributed by atoms with Crippen molar-refractivity contribution in [3.05, 3.63) is 29.3 Å². The Bertz CT molecular complexity index is 697. The lowest BCUT2D eigenvalue weighted by Crippen LogP contribution is -2.54. The summed E-state index contributed by atoms with van der Waals surface area (Å²) in [6.07, 6.45) is 4.87. The van der Waals surface area contributed by atoms with Crippen molar-refractivity contribution in [1.29, 1.82) is 0 Å². The zero-order valence-corrected chi connectivity index (χ0v) is 18.1. The van der Waals surface area contributed by atoms with E-state index in [2.05, 4.69) is 11.0 Å². The van der Waals surface area contributed by atoms with Crippen molar-refractivity contribution in [2.45, 2.75) is 64.1 Å². The van der Waals surface area contributed by atoms with Crippen LogP contribution in [0, 0.1) is 13.8 Å². The minimum absolute atomic E-state index is 0.0481. The molecule has 3 rings (SSSR count). The second kappa shape index (κ2) is 9.02. The SMILES string of the molecule is CC(=O)N1CCN(CC2(O)CCCCC2)CC(O)(COc2cc(C)cc(C)c2)C1. The predicted octanol–water partition coefficient (Wildman–Crippen LogP) is 2.27. The number of benzene rings is 1. The highest BCUT2D eigenvalue weighted by atomic mass is 16.5. The average Bonchev–Trinajstić information content (AvgIpc) is 2.79. The maximum atomic E-state index is 12.1. The molecule has 0 bridgehead atoms. The van der Waals surface area contributed by atoms with Gasteiger partial charge in [-0.05, 0) is 49.9 Å². The number of carbonyl (C=O) groups is 1. The molecule has 29 heavy (non-hydrogen) atoms. The summed E-state index contributed by atoms with van der Waals surface area (Å²) in [6.45, 7) is 8.03. The molecule has 1 aliphatic heterocycles. The van der Waals surface area contributed by atoms with Gasteiger partial charge in [0.05, 0.1) is 12.1 Å². The number of aliphatic hydroxyl groups is 2. The Kier molecular flexibility index (Phi) is 6.87. The van der Waals surface area contributed by atoms with Gasteiger partial charge in [-0.3, -0.25) is 9.69 Å². The molecule has 6 nitrogen and oxygen atoms in total. The van der Waals surface area contributed by atoms with Gasteiger partial charge < -0.3 is 19.8 Å². The Morgan fingerprint density at radius 1 is 1.00 bits per heavy atom. The predicted molar refractivity (Wildman–Crippen MR) is 113 cm³/mol. The Labute approximate surface area is 174 Å². The Morgan fingerprint density at radius 3 is 2.28 bits per heavy atom. The van der Waals surface area contributed by atoms with Crippen molar-refractivity contribution in [2.24, 2.45) is 0 Å². The number of hydrogen-bond acceptors (Lipinski definition) is 5. The van der Waals surface area contributed by atoms with Gasteiger partial charge in [0.25, 0.3) is 0 Å². The first-order chi connectivity index (χ1) is 13.7. The van der Waals surface area contributed by atoms with E-state index in [1.54, 1.807) is 4.90 Å². The highest BCUT2D eigenvalue weighted by Gasteiger charge is 2.40. The van der Waals surface area contributed by atoms with Crippen molar-refractivity contribution in [3.8, 4) is 5.75 Å². The van der Waals surface area contributed by atoms with Gasteiger partial charge in [-0.25, -0.2) is 0 Å². The van der Waals surface area contributed by atoms with Gasteiger partial charge in [-0.15, -0.1) is 0 Å². The van der Waals surface area contributed by atoms with Crippen LogP contribution in [0.15, 0.2) is 18.2 Å². The first-order valence-electron chi connectivity index (χ1n) is 10.8. The molecule has 0 radical (unpaired) electrons. The van der Waals surface area contributed by atoms with Crippen molar-refractivity contribution < 1.29 is 19.7 Å². The topological polar surface area (TPSA) is 73.2 Å². The quantitative estimate of drug-likeness (QED) is 0.788. The molecular weight excluding hydrogens is 368 g/mol. The van der Waals surface area contributed by atoms with Crippen LogP contribution in [0.4, 0.5) is 0 Å². The van der Waals surface area contributed by atoms with Crippen LogP contribution in [0.25, 0.3) is 0 Å². The molecule has 1 saturated carbocycles. The van der Waals surface area contributed by atoms with E-state index in [-0.39, 0.29) is 19.1 Å². The maximum absolute atomic E-state index is 12.1. The smallest absolute Gasteiger partial charge is 0.219 e. The lowest BCUT2D eigenvalue weighted by molar-refractivity contribution is -0.132. The minimum Gasteiger partial charge on any atom is -0.490 e. The lowest BCUT2D eigenvalue weighted by Gasteiger charge is -2.38. The first-order valence-corrected chi connectivity index (χ1v) is 10.8. The molecule has 1 saturated heterocycles. The van der Waals surface area contributed by atoms with Crippen LogP contribution in [-0.2, 0) is 4.79 Å². The number of amides is 1. The molecule has 2 N–H and O–H groups in total. The largest absolute Gasteiger partial charge is 0.490 e. The molecule has 0 aromatic heterocycles. The van der Waals surface area contributed by atoms with Gasteiger partial charge in [0.1, 0.15) is 18.0 Å². The molecule has 1 aromatic carbocycles. The summed E-state index contributed by atoms with van der Waals surface area (Å²) in [5, 5.41) is 22.4. The van der Waals surface area contributed by atoms with Crippen LogP contribution in [0.1, 0.15) is 50.2 Å². The Morgan fingerprint density at radius 2 is 1.66 bits per heavy atom. The third-order valence-electron chi connectivity index (χ3n) is 6.14. The third kappa shape index (κ3) is 6.17. The van der Waals surface area contributed by atoms with Gasteiger partial charge in [0.15, 0.2) is 0 Å². The molecule has 2 aliphatic rings. The molecule has 6 heteroatoms. The Hall–Kier alpha value is -1.63. The van der Waals surface area contributed by atoms with Crippen LogP contribution in [0.5, 0.6) is 5.75 Å². The highest BCUT2D eigenvalue weighted by molar-refractivity contribution is 5.73. The summed E-state index contributed by atoms with van der Waals surface area (Å²) in [4.78, 5) is 15.9. The molecule has 1 amide bonds. The molecule has 162 valence electrons. The Balaban J connectivity index is 1.72. The van der Waals surface area contributed by atoms with Crippen LogP contribution >= 0.6 is 0 Å². The molecule has 1 aromatic rings. The monoisotopic (exact) mass is 404 g/mol. The second-order valence-electron chi connectivity index (χ2n) is 9.27. The summed E-state index contributed by atoms with van der Waals surface area (Å²) < 4.78 is 5.98. The third-order valence-corrected chi connectivity index (χ3v) is 6.14. The summed E-state index contributed by atoms with van der Waals surface area (Å²) in [6, 6.07) is 5.99. The molecule has 1 unspecified atom stereocenters. The summed E-state index contributed by atoms with van der Waals surface area (Å²) in [5.41, 5.74) is 0.336. The number of rotatable bonds is 5. The highest BCUT2D eigenvalue weighted by Crippen LogP contribution is 2.30. The van der Waals surface area contributed by atoms with Crippen molar-refractivity contribution in [2.75, 3.05) is 39.3 Å². The van der Waals surface area contributed by atoms with Crippen molar-refractivity contribution >= 4 is 5.91 Å². The number of aryl methyl sites for hydroxylation is 2. The van der Waals surface area contributed by atoms with Gasteiger partial charge in [0, 0.05) is 33.1 Å². The number of nitrogens with zero attached hydrogens (tertiary/aromatic N) is 2. The van der Waals surface area contributed by atoms with E-state index < -0.39 is 11.2 Å². The normalized spacial score (nSPS) is 25.5.